The van der Waals surface area contributed by atoms with E-state index in [1.807, 2.05) is 54.6 Å². The van der Waals surface area contributed by atoms with Crippen LogP contribution in [-0.2, 0) is 0 Å². The zero-order valence-electron chi connectivity index (χ0n) is 11.4. The van der Waals surface area contributed by atoms with Crippen LogP contribution in [0.3, 0.4) is 0 Å². The van der Waals surface area contributed by atoms with E-state index in [2.05, 4.69) is 32.9 Å². The molecule has 1 N–H and O–H groups in total. The Labute approximate surface area is 136 Å². The smallest absolute Gasteiger partial charge is 0.269 e. The third kappa shape index (κ3) is 2.76. The minimum absolute atomic E-state index is 0.174. The van der Waals surface area contributed by atoms with Crippen LogP contribution in [0.5, 0.6) is 0 Å². The standard InChI is InChI=1S/C17H13IN2O/c1-19-17(21)15-10-12-4-2-3-5-14(12)16(20-15)11-6-8-13(18)9-7-11/h2-10H,1H3,(H,19,21). The van der Waals surface area contributed by atoms with Gasteiger partial charge in [-0.2, -0.15) is 0 Å². The van der Waals surface area contributed by atoms with Crippen molar-refractivity contribution in [3.63, 3.8) is 0 Å². The SMILES string of the molecule is CNC(=O)c1cc2ccccc2c(-c2ccc(I)cc2)n1. The van der Waals surface area contributed by atoms with Crippen molar-refractivity contribution in [3.8, 4) is 11.3 Å². The number of aromatic nitrogens is 1. The van der Waals surface area contributed by atoms with Crippen LogP contribution in [0.4, 0.5) is 0 Å². The van der Waals surface area contributed by atoms with Crippen molar-refractivity contribution in [1.82, 2.24) is 10.3 Å². The first-order valence-electron chi connectivity index (χ1n) is 6.57. The minimum atomic E-state index is -0.174. The molecule has 0 unspecified atom stereocenters. The lowest BCUT2D eigenvalue weighted by Crippen LogP contribution is -2.19. The molecule has 1 heterocycles. The molecule has 0 saturated heterocycles. The highest BCUT2D eigenvalue weighted by molar-refractivity contribution is 14.1. The van der Waals surface area contributed by atoms with Crippen molar-refractivity contribution in [2.45, 2.75) is 0 Å². The fourth-order valence-electron chi connectivity index (χ4n) is 2.27. The Morgan fingerprint density at radius 1 is 1.10 bits per heavy atom. The predicted octanol–water partition coefficient (Wildman–Crippen LogP) is 3.87. The molecule has 0 aliphatic rings. The zero-order chi connectivity index (χ0) is 14.8. The summed E-state index contributed by atoms with van der Waals surface area (Å²) in [5.41, 5.74) is 2.28. The summed E-state index contributed by atoms with van der Waals surface area (Å²) < 4.78 is 1.17. The molecule has 1 aromatic heterocycles. The number of nitrogens with zero attached hydrogens (tertiary/aromatic N) is 1. The Kier molecular flexibility index (Phi) is 3.88. The Morgan fingerprint density at radius 2 is 1.81 bits per heavy atom. The largest absolute Gasteiger partial charge is 0.354 e. The number of carbonyl (C=O) groups is 1. The topological polar surface area (TPSA) is 42.0 Å². The average Bonchev–Trinajstić information content (AvgIpc) is 2.54. The molecular formula is C17H13IN2O. The van der Waals surface area contributed by atoms with Crippen molar-refractivity contribution in [3.05, 3.63) is 63.9 Å². The normalized spacial score (nSPS) is 10.6. The molecule has 0 fully saturated rings. The number of rotatable bonds is 2. The molecule has 21 heavy (non-hydrogen) atoms. The van der Waals surface area contributed by atoms with E-state index >= 15 is 0 Å². The molecule has 0 aliphatic carbocycles. The van der Waals surface area contributed by atoms with Gasteiger partial charge >= 0.3 is 0 Å². The molecule has 0 atom stereocenters. The summed E-state index contributed by atoms with van der Waals surface area (Å²) in [5.74, 6) is -0.174. The van der Waals surface area contributed by atoms with E-state index in [1.165, 1.54) is 3.57 Å². The number of hydrogen-bond donors (Lipinski definition) is 1. The summed E-state index contributed by atoms with van der Waals surface area (Å²) in [6.45, 7) is 0. The molecule has 1 amide bonds. The summed E-state index contributed by atoms with van der Waals surface area (Å²) in [6.07, 6.45) is 0. The van der Waals surface area contributed by atoms with Gasteiger partial charge in [0.2, 0.25) is 0 Å². The molecule has 0 saturated carbocycles. The summed E-state index contributed by atoms with van der Waals surface area (Å²) in [7, 11) is 1.61. The Bertz CT molecular complexity index is 813. The van der Waals surface area contributed by atoms with E-state index < -0.39 is 0 Å². The molecule has 3 rings (SSSR count). The summed E-state index contributed by atoms with van der Waals surface area (Å²) in [6, 6.07) is 18.0. The maximum Gasteiger partial charge on any atom is 0.269 e. The van der Waals surface area contributed by atoms with E-state index in [4.69, 9.17) is 0 Å². The molecule has 4 heteroatoms. The van der Waals surface area contributed by atoms with Crippen molar-refractivity contribution < 1.29 is 4.79 Å². The molecular weight excluding hydrogens is 375 g/mol. The number of hydrogen-bond acceptors (Lipinski definition) is 2. The predicted molar refractivity (Wildman–Crippen MR) is 93.3 cm³/mol. The van der Waals surface area contributed by atoms with Crippen LogP contribution in [0.25, 0.3) is 22.0 Å². The number of amides is 1. The second kappa shape index (κ2) is 5.81. The fourth-order valence-corrected chi connectivity index (χ4v) is 2.63. The first-order chi connectivity index (χ1) is 10.2. The Hall–Kier alpha value is -1.95. The van der Waals surface area contributed by atoms with Gasteiger partial charge in [-0.15, -0.1) is 0 Å². The molecule has 104 valence electrons. The molecule has 0 spiro atoms. The summed E-state index contributed by atoms with van der Waals surface area (Å²) in [4.78, 5) is 16.5. The van der Waals surface area contributed by atoms with Crippen molar-refractivity contribution >= 4 is 39.3 Å². The summed E-state index contributed by atoms with van der Waals surface area (Å²) in [5, 5.41) is 4.69. The van der Waals surface area contributed by atoms with E-state index in [0.29, 0.717) is 5.69 Å². The van der Waals surface area contributed by atoms with Gasteiger partial charge in [0, 0.05) is 21.6 Å². The van der Waals surface area contributed by atoms with Crippen LogP contribution >= 0.6 is 22.6 Å². The van der Waals surface area contributed by atoms with Gasteiger partial charge < -0.3 is 5.32 Å². The van der Waals surface area contributed by atoms with E-state index in [0.717, 1.165) is 22.0 Å². The lowest BCUT2D eigenvalue weighted by atomic mass is 10.0. The maximum atomic E-state index is 11.9. The minimum Gasteiger partial charge on any atom is -0.354 e. The molecule has 0 aliphatic heterocycles. The number of halogens is 1. The highest BCUT2D eigenvalue weighted by atomic mass is 127. The third-order valence-electron chi connectivity index (χ3n) is 3.32. The molecule has 2 aromatic carbocycles. The number of benzene rings is 2. The van der Waals surface area contributed by atoms with Gasteiger partial charge in [0.25, 0.3) is 5.91 Å². The quantitative estimate of drug-likeness (QED) is 0.678. The number of fused-ring (bicyclic) bond motifs is 1. The van der Waals surface area contributed by atoms with Gasteiger partial charge in [0.1, 0.15) is 5.69 Å². The second-order valence-electron chi connectivity index (χ2n) is 4.66. The zero-order valence-corrected chi connectivity index (χ0v) is 13.6. The van der Waals surface area contributed by atoms with Gasteiger partial charge in [-0.1, -0.05) is 36.4 Å². The van der Waals surface area contributed by atoms with Gasteiger partial charge in [-0.25, -0.2) is 4.98 Å². The molecule has 3 aromatic rings. The van der Waals surface area contributed by atoms with E-state index in [9.17, 15) is 4.79 Å². The average molecular weight is 388 g/mol. The van der Waals surface area contributed by atoms with E-state index in [-0.39, 0.29) is 5.91 Å². The first-order valence-corrected chi connectivity index (χ1v) is 7.65. The number of carbonyl (C=O) groups excluding carboxylic acids is 1. The van der Waals surface area contributed by atoms with Gasteiger partial charge in [0.15, 0.2) is 0 Å². The van der Waals surface area contributed by atoms with Crippen LogP contribution in [0.2, 0.25) is 0 Å². The van der Waals surface area contributed by atoms with Crippen LogP contribution < -0.4 is 5.32 Å². The monoisotopic (exact) mass is 388 g/mol. The number of nitrogens with one attached hydrogen (secondary N) is 1. The van der Waals surface area contributed by atoms with Crippen LogP contribution in [0.15, 0.2) is 54.6 Å². The van der Waals surface area contributed by atoms with Crippen molar-refractivity contribution in [2.24, 2.45) is 0 Å². The van der Waals surface area contributed by atoms with Crippen LogP contribution in [0.1, 0.15) is 10.5 Å². The van der Waals surface area contributed by atoms with Gasteiger partial charge in [-0.05, 0) is 46.2 Å². The number of pyridine rings is 1. The van der Waals surface area contributed by atoms with Crippen LogP contribution in [0, 0.1) is 3.57 Å². The Morgan fingerprint density at radius 3 is 2.52 bits per heavy atom. The van der Waals surface area contributed by atoms with Crippen LogP contribution in [-0.4, -0.2) is 17.9 Å². The maximum absolute atomic E-state index is 11.9. The van der Waals surface area contributed by atoms with Crippen molar-refractivity contribution in [2.75, 3.05) is 7.05 Å². The third-order valence-corrected chi connectivity index (χ3v) is 4.04. The second-order valence-corrected chi connectivity index (χ2v) is 5.91. The summed E-state index contributed by atoms with van der Waals surface area (Å²) >= 11 is 2.27. The highest BCUT2D eigenvalue weighted by Crippen LogP contribution is 2.28. The van der Waals surface area contributed by atoms with Crippen molar-refractivity contribution in [1.29, 1.82) is 0 Å². The molecule has 0 bridgehead atoms. The Balaban J connectivity index is 2.28. The lowest BCUT2D eigenvalue weighted by molar-refractivity contribution is 0.0958. The first kappa shape index (κ1) is 14.0. The fraction of sp³-hybridized carbons (Fsp3) is 0.0588. The highest BCUT2D eigenvalue weighted by Gasteiger charge is 2.12. The van der Waals surface area contributed by atoms with E-state index in [1.54, 1.807) is 7.05 Å². The molecule has 0 radical (unpaired) electrons. The molecule has 3 nitrogen and oxygen atoms in total. The van der Waals surface area contributed by atoms with Gasteiger partial charge in [0.05, 0.1) is 5.69 Å². The van der Waals surface area contributed by atoms with Gasteiger partial charge in [-0.3, -0.25) is 4.79 Å². The lowest BCUT2D eigenvalue weighted by Gasteiger charge is -2.09.